The summed E-state index contributed by atoms with van der Waals surface area (Å²) >= 11 is 1.53. The van der Waals surface area contributed by atoms with Crippen molar-refractivity contribution in [3.05, 3.63) is 48.5 Å². The second kappa shape index (κ2) is 4.99. The Balaban J connectivity index is 1.97. The van der Waals surface area contributed by atoms with Crippen molar-refractivity contribution in [2.24, 2.45) is 7.05 Å². The number of pyridine rings is 1. The number of carbonyl (C=O) groups is 1. The van der Waals surface area contributed by atoms with Gasteiger partial charge in [0.25, 0.3) is 0 Å². The Morgan fingerprint density at radius 2 is 2.12 bits per heavy atom. The van der Waals surface area contributed by atoms with Gasteiger partial charge in [0.1, 0.15) is 0 Å². The number of thioether (sulfide) groups is 1. The van der Waals surface area contributed by atoms with Gasteiger partial charge in [-0.05, 0) is 24.3 Å². The molecule has 0 N–H and O–H groups in total. The summed E-state index contributed by atoms with van der Waals surface area (Å²) < 4.78 is 1.84. The Morgan fingerprint density at radius 1 is 1.38 bits per heavy atom. The Kier molecular flexibility index (Phi) is 3.41. The first-order valence-electron chi connectivity index (χ1n) is 4.95. The molecule has 82 valence electrons. The van der Waals surface area contributed by atoms with Crippen LogP contribution in [-0.4, -0.2) is 21.1 Å². The maximum Gasteiger partial charge on any atom is 0.189 e. The van der Waals surface area contributed by atoms with Gasteiger partial charge in [-0.25, -0.2) is 0 Å². The van der Waals surface area contributed by atoms with Crippen LogP contribution in [0.15, 0.2) is 47.8 Å². The largest absolute Gasteiger partial charge is 0.348 e. The van der Waals surface area contributed by atoms with Gasteiger partial charge in [-0.15, -0.1) is 11.8 Å². The van der Waals surface area contributed by atoms with Crippen molar-refractivity contribution in [2.75, 3.05) is 5.75 Å². The van der Waals surface area contributed by atoms with Gasteiger partial charge in [0, 0.05) is 30.5 Å². The van der Waals surface area contributed by atoms with Crippen LogP contribution < -0.4 is 0 Å². The summed E-state index contributed by atoms with van der Waals surface area (Å²) in [7, 11) is 1.88. The fraction of sp³-hybridized carbons (Fsp3) is 0.167. The van der Waals surface area contributed by atoms with E-state index in [2.05, 4.69) is 4.98 Å². The summed E-state index contributed by atoms with van der Waals surface area (Å²) in [6, 6.07) is 7.53. The van der Waals surface area contributed by atoms with Crippen LogP contribution in [0.25, 0.3) is 0 Å². The number of ketones is 1. The molecule has 0 radical (unpaired) electrons. The number of carbonyl (C=O) groups excluding carboxylic acids is 1. The lowest BCUT2D eigenvalue weighted by molar-refractivity contribution is 0.101. The Hall–Kier alpha value is -1.55. The molecule has 0 aromatic carbocycles. The maximum absolute atomic E-state index is 11.8. The summed E-state index contributed by atoms with van der Waals surface area (Å²) in [4.78, 5) is 16.8. The molecule has 0 aliphatic carbocycles. The molecule has 0 aliphatic rings. The average molecular weight is 232 g/mol. The topological polar surface area (TPSA) is 34.9 Å². The van der Waals surface area contributed by atoms with Crippen molar-refractivity contribution >= 4 is 17.5 Å². The summed E-state index contributed by atoms with van der Waals surface area (Å²) in [6.45, 7) is 0. The minimum Gasteiger partial charge on any atom is -0.348 e. The molecule has 0 unspecified atom stereocenters. The van der Waals surface area contributed by atoms with Crippen LogP contribution in [0.4, 0.5) is 0 Å². The molecule has 2 aromatic rings. The van der Waals surface area contributed by atoms with E-state index in [1.54, 1.807) is 12.4 Å². The predicted molar refractivity (Wildman–Crippen MR) is 64.7 cm³/mol. The van der Waals surface area contributed by atoms with Crippen molar-refractivity contribution in [3.8, 4) is 0 Å². The second-order valence-corrected chi connectivity index (χ2v) is 4.45. The second-order valence-electron chi connectivity index (χ2n) is 3.40. The molecule has 0 aliphatic heterocycles. The van der Waals surface area contributed by atoms with Crippen LogP contribution in [0, 0.1) is 0 Å². The van der Waals surface area contributed by atoms with Gasteiger partial charge >= 0.3 is 0 Å². The zero-order chi connectivity index (χ0) is 11.4. The van der Waals surface area contributed by atoms with Gasteiger partial charge in [0.2, 0.25) is 0 Å². The van der Waals surface area contributed by atoms with Crippen molar-refractivity contribution in [2.45, 2.75) is 4.90 Å². The van der Waals surface area contributed by atoms with E-state index in [0.29, 0.717) is 5.75 Å². The molecule has 2 rings (SSSR count). The smallest absolute Gasteiger partial charge is 0.189 e. The number of Topliss-reactive ketones (excluding diaryl/α,β-unsaturated/α-hetero) is 1. The molecule has 16 heavy (non-hydrogen) atoms. The number of rotatable bonds is 4. The van der Waals surface area contributed by atoms with Crippen LogP contribution >= 0.6 is 11.8 Å². The first-order chi connectivity index (χ1) is 7.77. The standard InChI is InChI=1S/C12H12N2OS/c1-14-8-2-3-11(14)12(15)9-16-10-4-6-13-7-5-10/h2-8H,9H2,1H3. The number of hydrogen-bond donors (Lipinski definition) is 0. The number of aryl methyl sites for hydroxylation is 1. The first kappa shape index (κ1) is 11.0. The molecule has 0 bridgehead atoms. The van der Waals surface area contributed by atoms with Crippen LogP contribution in [-0.2, 0) is 7.05 Å². The highest BCUT2D eigenvalue weighted by Gasteiger charge is 2.08. The van der Waals surface area contributed by atoms with E-state index in [4.69, 9.17) is 0 Å². The van der Waals surface area contributed by atoms with Crippen LogP contribution in [0.2, 0.25) is 0 Å². The monoisotopic (exact) mass is 232 g/mol. The third-order valence-electron chi connectivity index (χ3n) is 2.25. The summed E-state index contributed by atoms with van der Waals surface area (Å²) in [5.41, 5.74) is 0.751. The first-order valence-corrected chi connectivity index (χ1v) is 5.93. The van der Waals surface area contributed by atoms with Gasteiger partial charge in [-0.2, -0.15) is 0 Å². The highest BCUT2D eigenvalue weighted by Crippen LogP contribution is 2.17. The third-order valence-corrected chi connectivity index (χ3v) is 3.26. The summed E-state index contributed by atoms with van der Waals surface area (Å²) in [5.74, 6) is 0.608. The highest BCUT2D eigenvalue weighted by molar-refractivity contribution is 8.00. The lowest BCUT2D eigenvalue weighted by atomic mass is 10.3. The third kappa shape index (κ3) is 2.52. The minimum atomic E-state index is 0.148. The zero-order valence-electron chi connectivity index (χ0n) is 8.96. The predicted octanol–water partition coefficient (Wildman–Crippen LogP) is 2.40. The lowest BCUT2D eigenvalue weighted by Crippen LogP contribution is -2.07. The van der Waals surface area contributed by atoms with Crippen molar-refractivity contribution in [1.82, 2.24) is 9.55 Å². The molecular formula is C12H12N2OS. The molecule has 0 saturated carbocycles. The van der Waals surface area contributed by atoms with Crippen molar-refractivity contribution in [3.63, 3.8) is 0 Å². The Morgan fingerprint density at radius 3 is 2.75 bits per heavy atom. The summed E-state index contributed by atoms with van der Waals surface area (Å²) in [5, 5.41) is 0. The van der Waals surface area contributed by atoms with E-state index in [1.807, 2.05) is 42.1 Å². The molecule has 0 saturated heterocycles. The van der Waals surface area contributed by atoms with E-state index in [9.17, 15) is 4.79 Å². The SMILES string of the molecule is Cn1cccc1C(=O)CSc1ccncc1. The van der Waals surface area contributed by atoms with Crippen LogP contribution in [0.1, 0.15) is 10.5 Å². The lowest BCUT2D eigenvalue weighted by Gasteiger charge is -2.02. The molecule has 0 atom stereocenters. The molecular weight excluding hydrogens is 220 g/mol. The Labute approximate surface area is 98.5 Å². The molecule has 3 nitrogen and oxygen atoms in total. The fourth-order valence-electron chi connectivity index (χ4n) is 1.41. The van der Waals surface area contributed by atoms with Gasteiger partial charge in [0.15, 0.2) is 5.78 Å². The van der Waals surface area contributed by atoms with Crippen molar-refractivity contribution < 1.29 is 4.79 Å². The van der Waals surface area contributed by atoms with E-state index >= 15 is 0 Å². The highest BCUT2D eigenvalue weighted by atomic mass is 32.2. The molecule has 2 heterocycles. The number of hydrogen-bond acceptors (Lipinski definition) is 3. The Bertz CT molecular complexity index is 479. The van der Waals surface area contributed by atoms with Crippen molar-refractivity contribution in [1.29, 1.82) is 0 Å². The van der Waals surface area contributed by atoms with E-state index in [1.165, 1.54) is 11.8 Å². The zero-order valence-corrected chi connectivity index (χ0v) is 9.78. The molecule has 0 fully saturated rings. The average Bonchev–Trinajstić information content (AvgIpc) is 2.74. The molecule has 0 amide bonds. The fourth-order valence-corrected chi connectivity index (χ4v) is 2.17. The molecule has 4 heteroatoms. The van der Waals surface area contributed by atoms with Gasteiger partial charge < -0.3 is 4.57 Å². The van der Waals surface area contributed by atoms with E-state index < -0.39 is 0 Å². The molecule has 0 spiro atoms. The summed E-state index contributed by atoms with van der Waals surface area (Å²) in [6.07, 6.45) is 5.34. The molecule has 2 aromatic heterocycles. The van der Waals surface area contributed by atoms with Crippen LogP contribution in [0.5, 0.6) is 0 Å². The minimum absolute atomic E-state index is 0.148. The normalized spacial score (nSPS) is 10.3. The number of nitrogens with zero attached hydrogens (tertiary/aromatic N) is 2. The van der Waals surface area contributed by atoms with Crippen LogP contribution in [0.3, 0.4) is 0 Å². The maximum atomic E-state index is 11.8. The quantitative estimate of drug-likeness (QED) is 0.599. The van der Waals surface area contributed by atoms with Gasteiger partial charge in [-0.3, -0.25) is 9.78 Å². The van der Waals surface area contributed by atoms with Gasteiger partial charge in [0.05, 0.1) is 11.4 Å². The van der Waals surface area contributed by atoms with Gasteiger partial charge in [-0.1, -0.05) is 0 Å². The van der Waals surface area contributed by atoms with E-state index in [0.717, 1.165) is 10.6 Å². The number of aromatic nitrogens is 2. The van der Waals surface area contributed by atoms with E-state index in [-0.39, 0.29) is 5.78 Å².